The zero-order chi connectivity index (χ0) is 53.5. The Morgan fingerprint density at radius 3 is 1.88 bits per heavy atom. The molecule has 73 heavy (non-hydrogen) atoms. The van der Waals surface area contributed by atoms with Crippen molar-refractivity contribution >= 4 is 71.0 Å². The molecule has 6 rings (SSSR count). The lowest BCUT2D eigenvalue weighted by molar-refractivity contribution is -0.442. The molecule has 1 saturated heterocycles. The Labute approximate surface area is 423 Å². The van der Waals surface area contributed by atoms with Crippen molar-refractivity contribution in [2.45, 2.75) is 79.4 Å². The van der Waals surface area contributed by atoms with E-state index in [9.17, 15) is 63.2 Å². The molecule has 2 aromatic carbocycles. The summed E-state index contributed by atoms with van der Waals surface area (Å²) in [4.78, 5) is 57.4. The molecule has 1 fully saturated rings. The smallest absolute Gasteiger partial charge is 0.333 e. The van der Waals surface area contributed by atoms with E-state index >= 15 is 0 Å². The number of imide groups is 1. The van der Waals surface area contributed by atoms with Gasteiger partial charge in [0.15, 0.2) is 12.3 Å². The van der Waals surface area contributed by atoms with Crippen molar-refractivity contribution in [1.29, 1.82) is 0 Å². The maximum Gasteiger partial charge on any atom is 0.333 e. The van der Waals surface area contributed by atoms with Crippen LogP contribution in [0.3, 0.4) is 0 Å². The van der Waals surface area contributed by atoms with Crippen molar-refractivity contribution in [3.8, 4) is 0 Å². The van der Waals surface area contributed by atoms with Crippen molar-refractivity contribution in [1.82, 2.24) is 5.06 Å². The van der Waals surface area contributed by atoms with Gasteiger partial charge in [0.05, 0.1) is 71.7 Å². The van der Waals surface area contributed by atoms with Crippen LogP contribution in [0.2, 0.25) is 0 Å². The molecule has 0 bridgehead atoms. The predicted molar refractivity (Wildman–Crippen MR) is 258 cm³/mol. The van der Waals surface area contributed by atoms with Crippen molar-refractivity contribution < 1.29 is 96.3 Å². The number of hydrogen-bond acceptors (Lipinski definition) is 18. The lowest BCUT2D eigenvalue weighted by Crippen LogP contribution is -2.35. The lowest BCUT2D eigenvalue weighted by Gasteiger charge is -2.32. The quantitative estimate of drug-likeness (QED) is 0.0312. The van der Waals surface area contributed by atoms with Gasteiger partial charge >= 0.3 is 5.97 Å². The summed E-state index contributed by atoms with van der Waals surface area (Å²) in [6.07, 6.45) is 2.36. The fourth-order valence-electron chi connectivity index (χ4n) is 9.24. The molecule has 3 aliphatic heterocycles. The van der Waals surface area contributed by atoms with Gasteiger partial charge in [-0.25, -0.2) is 4.79 Å². The van der Waals surface area contributed by atoms with Crippen molar-refractivity contribution in [3.63, 3.8) is 0 Å². The molecule has 2 aromatic rings. The molecule has 400 valence electrons. The van der Waals surface area contributed by atoms with E-state index in [2.05, 4.69) is 0 Å². The molecule has 2 amide bonds. The van der Waals surface area contributed by atoms with Gasteiger partial charge in [0.1, 0.15) is 12.4 Å². The molecule has 23 nitrogen and oxygen atoms in total. The fraction of sp³-hybridized carbons (Fsp3) is 0.511. The van der Waals surface area contributed by atoms with Gasteiger partial charge in [0.25, 0.3) is 42.2 Å². The number of methoxy groups -OCH3 is 2. The van der Waals surface area contributed by atoms with Crippen molar-refractivity contribution in [2.24, 2.45) is 0 Å². The average molecular weight is 1080 g/mol. The summed E-state index contributed by atoms with van der Waals surface area (Å²) in [7, 11) is -10.9. The first-order valence-electron chi connectivity index (χ1n) is 23.2. The minimum absolute atomic E-state index is 0.0185. The molecule has 2 unspecified atom stereocenters. The molecular formula is C47H60N3O20S3+. The highest BCUT2D eigenvalue weighted by molar-refractivity contribution is 7.86. The summed E-state index contributed by atoms with van der Waals surface area (Å²) < 4.78 is 132. The van der Waals surface area contributed by atoms with Crippen LogP contribution >= 0.6 is 0 Å². The third kappa shape index (κ3) is 13.2. The monoisotopic (exact) mass is 1080 g/mol. The average Bonchev–Trinajstić information content (AvgIpc) is 3.85. The highest BCUT2D eigenvalue weighted by atomic mass is 32.2. The first-order valence-corrected chi connectivity index (χ1v) is 27.7. The highest BCUT2D eigenvalue weighted by Crippen LogP contribution is 2.52. The van der Waals surface area contributed by atoms with Gasteiger partial charge < -0.3 is 38.5 Å². The minimum atomic E-state index is -4.76. The molecule has 2 atom stereocenters. The Balaban J connectivity index is 1.39. The third-order valence-corrected chi connectivity index (χ3v) is 15.6. The summed E-state index contributed by atoms with van der Waals surface area (Å²) in [6, 6.07) is 7.77. The zero-order valence-electron chi connectivity index (χ0n) is 40.7. The number of benzene rings is 2. The number of ether oxygens (including phenoxy) is 5. The van der Waals surface area contributed by atoms with Crippen LogP contribution in [0.5, 0.6) is 0 Å². The van der Waals surface area contributed by atoms with E-state index < -0.39 is 86.1 Å². The molecule has 4 N–H and O–H groups in total. The van der Waals surface area contributed by atoms with Crippen LogP contribution < -0.4 is 4.90 Å². The number of hydroxylamine groups is 2. The maximum atomic E-state index is 14.5. The second-order valence-electron chi connectivity index (χ2n) is 18.0. The summed E-state index contributed by atoms with van der Waals surface area (Å²) in [5.74, 6) is -4.02. The number of anilines is 1. The Morgan fingerprint density at radius 2 is 1.30 bits per heavy atom. The van der Waals surface area contributed by atoms with Crippen LogP contribution in [-0.2, 0) is 88.9 Å². The Hall–Kier alpha value is -5.26. The molecule has 0 radical (unpaired) electrons. The normalized spacial score (nSPS) is 21.3. The number of ketones is 1. The summed E-state index contributed by atoms with van der Waals surface area (Å²) >= 11 is 0. The Bertz CT molecular complexity index is 2950. The minimum Gasteiger partial charge on any atom is -0.506 e. The van der Waals surface area contributed by atoms with Gasteiger partial charge in [-0.3, -0.25) is 28.0 Å². The molecule has 4 aliphatic rings. The number of carbonyl (C=O) groups excluding carboxylic acids is 4. The number of Topliss-reactive ketones (excluding diaryl/α,β-unsaturated/α-hetero) is 1. The Kier molecular flexibility index (Phi) is 18.4. The number of aliphatic hydroxyl groups excluding tert-OH is 1. The number of allylic oxidation sites excluding steroid dienone is 5. The molecular weight excluding hydrogens is 1020 g/mol. The molecule has 1 aliphatic carbocycles. The van der Waals surface area contributed by atoms with Crippen LogP contribution in [0.4, 0.5) is 11.4 Å². The molecule has 0 saturated carbocycles. The molecule has 3 heterocycles. The van der Waals surface area contributed by atoms with Gasteiger partial charge in [-0.1, -0.05) is 0 Å². The number of hydrogen-bond donors (Lipinski definition) is 4. The van der Waals surface area contributed by atoms with Gasteiger partial charge in [0.2, 0.25) is 11.5 Å². The Morgan fingerprint density at radius 1 is 0.726 bits per heavy atom. The topological polar surface area (TPSA) is 316 Å². The van der Waals surface area contributed by atoms with E-state index in [-0.39, 0.29) is 95.6 Å². The number of carbonyl (C=O) groups is 4. The van der Waals surface area contributed by atoms with Crippen molar-refractivity contribution in [2.75, 3.05) is 90.8 Å². The summed E-state index contributed by atoms with van der Waals surface area (Å²) in [5, 5.41) is 12.4. The number of fused-ring (bicyclic) bond motifs is 2. The number of aliphatic hydroxyl groups is 1. The van der Waals surface area contributed by atoms with Gasteiger partial charge in [-0.15, -0.1) is 5.06 Å². The maximum absolute atomic E-state index is 14.5. The standard InChI is InChI=1S/C47H59N3O20S3/c1-46(14-6-26-71(56,57)58)35-27-31(72(59,60)61)9-11-38(35)49(17-19-67-22-23-69-25-24-68-21-20-66-4)39(46)29-33-44(54)34(45(33)55)30-40-47(2,15-18-65-3)36-28-32(73(62,63)64)8-10-37(36)48(40)16-5-7-43(53)70-50-41(51)12-13-42(50)52/h8-11,27-30H,5-7,12-26H2,1-4H3,(H3-,54,55,56,57,58,59,60,61,62,63,64)/p+1. The van der Waals surface area contributed by atoms with E-state index in [0.717, 1.165) is 0 Å². The number of amides is 2. The van der Waals surface area contributed by atoms with Gasteiger partial charge in [-0.2, -0.15) is 29.8 Å². The number of rotatable bonds is 28. The first kappa shape index (κ1) is 57.0. The van der Waals surface area contributed by atoms with Crippen LogP contribution in [0.25, 0.3) is 0 Å². The summed E-state index contributed by atoms with van der Waals surface area (Å²) in [5.41, 5.74) is -0.649. The van der Waals surface area contributed by atoms with E-state index in [1.54, 1.807) is 30.4 Å². The van der Waals surface area contributed by atoms with Crippen LogP contribution in [0.15, 0.2) is 80.9 Å². The highest BCUT2D eigenvalue weighted by Gasteiger charge is 2.51. The van der Waals surface area contributed by atoms with E-state index in [4.69, 9.17) is 28.5 Å². The predicted octanol–water partition coefficient (Wildman–Crippen LogP) is 3.31. The third-order valence-electron chi connectivity index (χ3n) is 13.1. The van der Waals surface area contributed by atoms with E-state index in [1.165, 1.54) is 55.7 Å². The summed E-state index contributed by atoms with van der Waals surface area (Å²) in [6.45, 7) is 5.53. The fourth-order valence-corrected chi connectivity index (χ4v) is 10.8. The number of nitrogens with zero attached hydrogens (tertiary/aromatic N) is 3. The molecule has 0 spiro atoms. The van der Waals surface area contributed by atoms with E-state index in [0.29, 0.717) is 65.4 Å². The second kappa shape index (κ2) is 23.5. The molecule has 26 heteroatoms. The first-order chi connectivity index (χ1) is 34.4. The van der Waals surface area contributed by atoms with E-state index in [1.807, 2.05) is 0 Å². The molecule has 0 aromatic heterocycles. The van der Waals surface area contributed by atoms with Crippen LogP contribution in [0.1, 0.15) is 69.9 Å². The van der Waals surface area contributed by atoms with Gasteiger partial charge in [-0.05, 0) is 81.5 Å². The largest absolute Gasteiger partial charge is 0.506 e. The van der Waals surface area contributed by atoms with Crippen LogP contribution in [-0.4, -0.2) is 169 Å². The van der Waals surface area contributed by atoms with Crippen molar-refractivity contribution in [3.05, 3.63) is 82.3 Å². The van der Waals surface area contributed by atoms with Gasteiger partial charge in [0, 0.05) is 81.1 Å². The lowest BCUT2D eigenvalue weighted by atomic mass is 9.73. The second-order valence-corrected chi connectivity index (χ2v) is 22.4. The SMILES string of the molecule is COCCOCCOCCOCC[N+]1=C(C=C2C(=O)C(C=C3N(CCCC(=O)ON4C(=O)CCC4=O)c4ccc(S(=O)(=O)O)cc4C3(C)CCOC)=C2O)C(C)(CCCS(=O)(=O)O)c2cc(S(=O)(=O)O)ccc21. The zero-order valence-corrected chi connectivity index (χ0v) is 43.2. The van der Waals surface area contributed by atoms with Crippen LogP contribution in [0, 0.1) is 0 Å².